The number of piperidine rings is 1. The molecular formula is C18H26N2O3S. The molecule has 0 radical (unpaired) electrons. The Labute approximate surface area is 143 Å². The highest BCUT2D eigenvalue weighted by molar-refractivity contribution is 7.90. The molecule has 1 unspecified atom stereocenters. The maximum atomic E-state index is 11.6. The number of aromatic amines is 1. The molecule has 1 aromatic carbocycles. The van der Waals surface area contributed by atoms with Crippen LogP contribution >= 0.6 is 0 Å². The molecule has 1 aliphatic rings. The molecular weight excluding hydrogens is 324 g/mol. The third-order valence-electron chi connectivity index (χ3n) is 4.89. The first-order chi connectivity index (χ1) is 11.4. The third kappa shape index (κ3) is 3.92. The maximum Gasteiger partial charge on any atom is 0.147 e. The average Bonchev–Trinajstić information content (AvgIpc) is 2.82. The smallest absolute Gasteiger partial charge is 0.147 e. The molecule has 1 aliphatic heterocycles. The molecule has 132 valence electrons. The zero-order valence-corrected chi connectivity index (χ0v) is 15.4. The number of methoxy groups -OCH3 is 1. The zero-order valence-electron chi connectivity index (χ0n) is 14.6. The van der Waals surface area contributed by atoms with E-state index in [4.69, 9.17) is 4.74 Å². The van der Waals surface area contributed by atoms with Crippen molar-refractivity contribution >= 4 is 20.7 Å². The SMILES string of the molecule is COc1ccc2[nH]c(CN3CCCC(CS(C)(=O)=O)C3)c(C)c2c1. The predicted octanol–water partition coefficient (Wildman–Crippen LogP) is 2.74. The predicted molar refractivity (Wildman–Crippen MR) is 97.3 cm³/mol. The molecule has 2 aromatic rings. The Kier molecular flexibility index (Phi) is 4.88. The molecule has 1 fully saturated rings. The van der Waals surface area contributed by atoms with E-state index in [9.17, 15) is 8.42 Å². The van der Waals surface area contributed by atoms with Crippen LogP contribution in [0.15, 0.2) is 18.2 Å². The summed E-state index contributed by atoms with van der Waals surface area (Å²) in [7, 11) is -1.22. The van der Waals surface area contributed by atoms with E-state index in [0.717, 1.165) is 43.7 Å². The number of rotatable bonds is 5. The Hall–Kier alpha value is -1.53. The summed E-state index contributed by atoms with van der Waals surface area (Å²) in [6, 6.07) is 6.08. The van der Waals surface area contributed by atoms with Crippen LogP contribution in [0, 0.1) is 12.8 Å². The lowest BCUT2D eigenvalue weighted by Gasteiger charge is -2.32. The van der Waals surface area contributed by atoms with Crippen molar-refractivity contribution in [3.05, 3.63) is 29.5 Å². The lowest BCUT2D eigenvalue weighted by atomic mass is 10.00. The van der Waals surface area contributed by atoms with Gasteiger partial charge in [0.05, 0.1) is 12.9 Å². The lowest BCUT2D eigenvalue weighted by Crippen LogP contribution is -2.37. The molecule has 1 atom stereocenters. The summed E-state index contributed by atoms with van der Waals surface area (Å²) in [5, 5.41) is 1.19. The van der Waals surface area contributed by atoms with Gasteiger partial charge in [0.25, 0.3) is 0 Å². The first-order valence-electron chi connectivity index (χ1n) is 8.41. The van der Waals surface area contributed by atoms with E-state index in [1.54, 1.807) is 7.11 Å². The quantitative estimate of drug-likeness (QED) is 0.901. The minimum atomic E-state index is -2.90. The van der Waals surface area contributed by atoms with Crippen molar-refractivity contribution < 1.29 is 13.2 Å². The van der Waals surface area contributed by atoms with E-state index in [0.29, 0.717) is 5.75 Å². The number of hydrogen-bond acceptors (Lipinski definition) is 4. The minimum Gasteiger partial charge on any atom is -0.497 e. The van der Waals surface area contributed by atoms with Gasteiger partial charge in [0.1, 0.15) is 15.6 Å². The van der Waals surface area contributed by atoms with E-state index in [1.165, 1.54) is 22.9 Å². The van der Waals surface area contributed by atoms with Crippen molar-refractivity contribution in [1.29, 1.82) is 0 Å². The normalized spacial score (nSPS) is 19.7. The molecule has 1 aromatic heterocycles. The molecule has 0 saturated carbocycles. The van der Waals surface area contributed by atoms with Crippen LogP contribution in [0.25, 0.3) is 10.9 Å². The van der Waals surface area contributed by atoms with Crippen molar-refractivity contribution in [2.24, 2.45) is 5.92 Å². The Morgan fingerprint density at radius 1 is 1.38 bits per heavy atom. The molecule has 0 aliphatic carbocycles. The van der Waals surface area contributed by atoms with Crippen LogP contribution in [0.2, 0.25) is 0 Å². The maximum absolute atomic E-state index is 11.6. The molecule has 3 rings (SSSR count). The van der Waals surface area contributed by atoms with Gasteiger partial charge in [-0.25, -0.2) is 8.42 Å². The van der Waals surface area contributed by atoms with Crippen molar-refractivity contribution in [2.45, 2.75) is 26.3 Å². The highest BCUT2D eigenvalue weighted by Gasteiger charge is 2.24. The average molecular weight is 350 g/mol. The second-order valence-corrected chi connectivity index (χ2v) is 9.16. The molecule has 0 amide bonds. The Bertz CT molecular complexity index is 826. The van der Waals surface area contributed by atoms with Crippen LogP contribution in [0.1, 0.15) is 24.1 Å². The summed E-state index contributed by atoms with van der Waals surface area (Å²) in [6.45, 7) is 4.85. The fourth-order valence-electron chi connectivity index (χ4n) is 3.73. The molecule has 5 nitrogen and oxygen atoms in total. The molecule has 1 N–H and O–H groups in total. The number of H-pyrrole nitrogens is 1. The highest BCUT2D eigenvalue weighted by Crippen LogP contribution is 2.28. The van der Waals surface area contributed by atoms with Gasteiger partial charge in [-0.05, 0) is 56.0 Å². The minimum absolute atomic E-state index is 0.249. The van der Waals surface area contributed by atoms with Crippen LogP contribution in [-0.4, -0.2) is 50.5 Å². The Morgan fingerprint density at radius 2 is 2.17 bits per heavy atom. The van der Waals surface area contributed by atoms with E-state index >= 15 is 0 Å². The summed E-state index contributed by atoms with van der Waals surface area (Å²) < 4.78 is 28.4. The first-order valence-corrected chi connectivity index (χ1v) is 10.5. The number of sulfone groups is 1. The largest absolute Gasteiger partial charge is 0.497 e. The van der Waals surface area contributed by atoms with Crippen LogP contribution in [0.5, 0.6) is 5.75 Å². The van der Waals surface area contributed by atoms with Crippen molar-refractivity contribution in [1.82, 2.24) is 9.88 Å². The number of hydrogen-bond donors (Lipinski definition) is 1. The van der Waals surface area contributed by atoms with Gasteiger partial charge in [0.15, 0.2) is 0 Å². The third-order valence-corrected chi connectivity index (χ3v) is 5.97. The first kappa shape index (κ1) is 17.3. The standard InChI is InChI=1S/C18H26N2O3S/c1-13-16-9-15(23-2)6-7-17(16)19-18(13)11-20-8-4-5-14(10-20)12-24(3,21)22/h6-7,9,14,19H,4-5,8,10-12H2,1-3H3. The number of fused-ring (bicyclic) bond motifs is 1. The summed E-state index contributed by atoms with van der Waals surface area (Å²) >= 11 is 0. The molecule has 1 saturated heterocycles. The molecule has 2 heterocycles. The highest BCUT2D eigenvalue weighted by atomic mass is 32.2. The van der Waals surface area contributed by atoms with Gasteiger partial charge in [0.2, 0.25) is 0 Å². The molecule has 6 heteroatoms. The number of ether oxygens (including phenoxy) is 1. The van der Waals surface area contributed by atoms with Gasteiger partial charge in [-0.15, -0.1) is 0 Å². The van der Waals surface area contributed by atoms with E-state index < -0.39 is 9.84 Å². The van der Waals surface area contributed by atoms with Crippen molar-refractivity contribution in [3.8, 4) is 5.75 Å². The van der Waals surface area contributed by atoms with Gasteiger partial charge in [-0.3, -0.25) is 4.90 Å². The Morgan fingerprint density at radius 3 is 2.88 bits per heavy atom. The summed E-state index contributed by atoms with van der Waals surface area (Å²) in [5.41, 5.74) is 3.57. The fourth-order valence-corrected chi connectivity index (χ4v) is 4.86. The second kappa shape index (κ2) is 6.76. The van der Waals surface area contributed by atoms with Crippen LogP contribution in [0.4, 0.5) is 0 Å². The summed E-state index contributed by atoms with van der Waals surface area (Å²) in [5.74, 6) is 1.41. The van der Waals surface area contributed by atoms with Crippen LogP contribution in [0.3, 0.4) is 0 Å². The number of likely N-dealkylation sites (tertiary alicyclic amines) is 1. The number of nitrogens with one attached hydrogen (secondary N) is 1. The number of aromatic nitrogens is 1. The monoisotopic (exact) mass is 350 g/mol. The van der Waals surface area contributed by atoms with E-state index in [1.807, 2.05) is 12.1 Å². The van der Waals surface area contributed by atoms with E-state index in [2.05, 4.69) is 22.9 Å². The van der Waals surface area contributed by atoms with Crippen LogP contribution < -0.4 is 4.74 Å². The van der Waals surface area contributed by atoms with E-state index in [-0.39, 0.29) is 5.92 Å². The number of aryl methyl sites for hydroxylation is 1. The molecule has 24 heavy (non-hydrogen) atoms. The number of nitrogens with zero attached hydrogens (tertiary/aromatic N) is 1. The second-order valence-electron chi connectivity index (χ2n) is 6.98. The zero-order chi connectivity index (χ0) is 17.3. The van der Waals surface area contributed by atoms with Gasteiger partial charge in [0, 0.05) is 35.9 Å². The molecule has 0 bridgehead atoms. The van der Waals surface area contributed by atoms with Crippen molar-refractivity contribution in [3.63, 3.8) is 0 Å². The Balaban J connectivity index is 1.75. The fraction of sp³-hybridized carbons (Fsp3) is 0.556. The van der Waals surface area contributed by atoms with Gasteiger partial charge >= 0.3 is 0 Å². The summed E-state index contributed by atoms with van der Waals surface area (Å²) in [4.78, 5) is 5.88. The molecule has 0 spiro atoms. The lowest BCUT2D eigenvalue weighted by molar-refractivity contribution is 0.176. The van der Waals surface area contributed by atoms with Crippen molar-refractivity contribution in [2.75, 3.05) is 32.2 Å². The summed E-state index contributed by atoms with van der Waals surface area (Å²) in [6.07, 6.45) is 3.40. The van der Waals surface area contributed by atoms with Gasteiger partial charge < -0.3 is 9.72 Å². The topological polar surface area (TPSA) is 62.4 Å². The van der Waals surface area contributed by atoms with Gasteiger partial charge in [-0.2, -0.15) is 0 Å². The van der Waals surface area contributed by atoms with Gasteiger partial charge in [-0.1, -0.05) is 0 Å². The number of benzene rings is 1. The van der Waals surface area contributed by atoms with Crippen LogP contribution in [-0.2, 0) is 16.4 Å².